The van der Waals surface area contributed by atoms with E-state index in [1.165, 1.54) is 30.2 Å². The Morgan fingerprint density at radius 1 is 1.08 bits per heavy atom. The maximum absolute atomic E-state index is 14.1. The molecule has 2 aromatic carbocycles. The first-order valence-electron chi connectivity index (χ1n) is 12.2. The minimum absolute atomic E-state index is 0.0149. The van der Waals surface area contributed by atoms with Crippen molar-refractivity contribution >= 4 is 45.2 Å². The van der Waals surface area contributed by atoms with Gasteiger partial charge in [-0.3, -0.25) is 14.2 Å². The largest absolute Gasteiger partial charge is 0.497 e. The minimum atomic E-state index is -0.442. The van der Waals surface area contributed by atoms with Crippen LogP contribution < -0.4 is 15.0 Å². The Labute approximate surface area is 233 Å². The van der Waals surface area contributed by atoms with Crippen LogP contribution in [0, 0.1) is 0 Å². The number of benzene rings is 2. The summed E-state index contributed by atoms with van der Waals surface area (Å²) in [5.74, 6) is 1.26. The van der Waals surface area contributed by atoms with Crippen molar-refractivity contribution in [3.63, 3.8) is 0 Å². The number of esters is 1. The van der Waals surface area contributed by atoms with Crippen LogP contribution in [0.25, 0.3) is 15.9 Å². The molecule has 0 atom stereocenters. The zero-order valence-corrected chi connectivity index (χ0v) is 23.6. The van der Waals surface area contributed by atoms with E-state index < -0.39 is 5.97 Å². The highest BCUT2D eigenvalue weighted by atomic mass is 32.2. The average molecular weight is 566 g/mol. The summed E-state index contributed by atoms with van der Waals surface area (Å²) in [6.07, 6.45) is 0.610. The molecule has 39 heavy (non-hydrogen) atoms. The van der Waals surface area contributed by atoms with Crippen LogP contribution in [0.3, 0.4) is 0 Å². The van der Waals surface area contributed by atoms with Gasteiger partial charge in [0.1, 0.15) is 16.3 Å². The lowest BCUT2D eigenvalue weighted by Crippen LogP contribution is -2.34. The van der Waals surface area contributed by atoms with Crippen molar-refractivity contribution < 1.29 is 23.8 Å². The predicted octanol–water partition coefficient (Wildman–Crippen LogP) is 4.45. The van der Waals surface area contributed by atoms with Crippen LogP contribution in [0.2, 0.25) is 0 Å². The molecule has 4 aromatic rings. The fourth-order valence-corrected chi connectivity index (χ4v) is 6.89. The van der Waals surface area contributed by atoms with Gasteiger partial charge in [-0.15, -0.1) is 11.3 Å². The lowest BCUT2D eigenvalue weighted by Gasteiger charge is -2.25. The van der Waals surface area contributed by atoms with E-state index in [2.05, 4.69) is 0 Å². The highest BCUT2D eigenvalue weighted by Crippen LogP contribution is 2.36. The van der Waals surface area contributed by atoms with Crippen LogP contribution >= 0.6 is 23.1 Å². The lowest BCUT2D eigenvalue weighted by molar-refractivity contribution is -0.129. The topological polar surface area (TPSA) is 100.0 Å². The van der Waals surface area contributed by atoms with Gasteiger partial charge in [0, 0.05) is 29.7 Å². The molecule has 1 aliphatic heterocycles. The van der Waals surface area contributed by atoms with Gasteiger partial charge in [-0.25, -0.2) is 9.78 Å². The van der Waals surface area contributed by atoms with Crippen molar-refractivity contribution in [1.82, 2.24) is 14.5 Å². The molecule has 3 heterocycles. The Bertz CT molecular complexity index is 1630. The van der Waals surface area contributed by atoms with Gasteiger partial charge in [0.25, 0.3) is 5.56 Å². The van der Waals surface area contributed by atoms with Gasteiger partial charge in [-0.05, 0) is 54.4 Å². The molecular weight excluding hydrogens is 538 g/mol. The van der Waals surface area contributed by atoms with Gasteiger partial charge < -0.3 is 19.1 Å². The van der Waals surface area contributed by atoms with Gasteiger partial charge in [-0.1, -0.05) is 11.8 Å². The van der Waals surface area contributed by atoms with Crippen LogP contribution in [0.4, 0.5) is 0 Å². The SMILES string of the molecule is COC(=O)c1ccc(OC)c(CSc2nc3sc4c(c3c(=O)n2-c2ccc(OC)cc2)CCN(C(C)=O)C4)c1. The predicted molar refractivity (Wildman–Crippen MR) is 150 cm³/mol. The first-order valence-corrected chi connectivity index (χ1v) is 14.0. The van der Waals surface area contributed by atoms with E-state index in [0.29, 0.717) is 63.4 Å². The van der Waals surface area contributed by atoms with Crippen molar-refractivity contribution in [2.24, 2.45) is 0 Å². The third-order valence-corrected chi connectivity index (χ3v) is 8.78. The van der Waals surface area contributed by atoms with Crippen molar-refractivity contribution in [3.05, 3.63) is 74.4 Å². The molecule has 0 fully saturated rings. The molecule has 0 radical (unpaired) electrons. The summed E-state index contributed by atoms with van der Waals surface area (Å²) in [7, 11) is 4.50. The molecule has 0 unspecified atom stereocenters. The number of thiophene rings is 1. The normalized spacial score (nSPS) is 12.8. The molecule has 5 rings (SSSR count). The monoisotopic (exact) mass is 565 g/mol. The zero-order valence-electron chi connectivity index (χ0n) is 22.0. The Kier molecular flexibility index (Phi) is 7.62. The fourth-order valence-electron chi connectivity index (χ4n) is 4.63. The van der Waals surface area contributed by atoms with E-state index in [0.717, 1.165) is 16.0 Å². The molecule has 0 N–H and O–H groups in total. The van der Waals surface area contributed by atoms with Crippen molar-refractivity contribution in [2.45, 2.75) is 30.8 Å². The summed E-state index contributed by atoms with van der Waals surface area (Å²) < 4.78 is 17.3. The lowest BCUT2D eigenvalue weighted by atomic mass is 10.1. The minimum Gasteiger partial charge on any atom is -0.497 e. The highest BCUT2D eigenvalue weighted by molar-refractivity contribution is 7.98. The first kappa shape index (κ1) is 26.8. The molecule has 0 aliphatic carbocycles. The van der Waals surface area contributed by atoms with E-state index in [9.17, 15) is 14.4 Å². The number of ether oxygens (including phenoxy) is 3. The fraction of sp³-hybridized carbons (Fsp3) is 0.286. The van der Waals surface area contributed by atoms with Crippen LogP contribution in [0.1, 0.15) is 33.3 Å². The molecule has 9 nitrogen and oxygen atoms in total. The molecule has 0 saturated heterocycles. The highest BCUT2D eigenvalue weighted by Gasteiger charge is 2.27. The summed E-state index contributed by atoms with van der Waals surface area (Å²) in [4.78, 5) is 46.6. The second kappa shape index (κ2) is 11.1. The van der Waals surface area contributed by atoms with Crippen molar-refractivity contribution in [2.75, 3.05) is 27.9 Å². The molecular formula is C28H27N3O6S2. The Hall–Kier alpha value is -3.83. The Morgan fingerprint density at radius 3 is 2.51 bits per heavy atom. The number of carbonyl (C=O) groups is 2. The number of amides is 1. The quantitative estimate of drug-likeness (QED) is 0.184. The van der Waals surface area contributed by atoms with E-state index >= 15 is 0 Å². The summed E-state index contributed by atoms with van der Waals surface area (Å²) in [6.45, 7) is 2.61. The second-order valence-electron chi connectivity index (χ2n) is 8.91. The first-order chi connectivity index (χ1) is 18.8. The smallest absolute Gasteiger partial charge is 0.337 e. The molecule has 0 spiro atoms. The van der Waals surface area contributed by atoms with Gasteiger partial charge in [-0.2, -0.15) is 0 Å². The van der Waals surface area contributed by atoms with E-state index in [-0.39, 0.29) is 11.5 Å². The van der Waals surface area contributed by atoms with Crippen LogP contribution in [0.5, 0.6) is 11.5 Å². The number of hydrogen-bond acceptors (Lipinski definition) is 9. The van der Waals surface area contributed by atoms with Crippen molar-refractivity contribution in [3.8, 4) is 17.2 Å². The van der Waals surface area contributed by atoms with Crippen molar-refractivity contribution in [1.29, 1.82) is 0 Å². The molecule has 1 aliphatic rings. The standard InChI is InChI=1S/C28H27N3O6S2/c1-16(32)30-12-11-21-23(14-30)39-25-24(21)26(33)31(19-6-8-20(35-2)9-7-19)28(29-25)38-15-18-13-17(27(34)37-4)5-10-22(18)36-3/h5-10,13H,11-12,14-15H2,1-4H3. The second-order valence-corrected chi connectivity index (χ2v) is 10.9. The molecule has 2 aromatic heterocycles. The number of carbonyl (C=O) groups excluding carboxylic acids is 2. The number of aromatic nitrogens is 2. The number of methoxy groups -OCH3 is 3. The molecule has 202 valence electrons. The van der Waals surface area contributed by atoms with E-state index in [1.54, 1.807) is 60.9 Å². The third-order valence-electron chi connectivity index (χ3n) is 6.68. The third kappa shape index (κ3) is 5.11. The Balaban J connectivity index is 1.62. The summed E-state index contributed by atoms with van der Waals surface area (Å²) in [5.41, 5.74) is 2.65. The van der Waals surface area contributed by atoms with Crippen LogP contribution in [0.15, 0.2) is 52.4 Å². The molecule has 1 amide bonds. The number of fused-ring (bicyclic) bond motifs is 3. The number of rotatable bonds is 7. The summed E-state index contributed by atoms with van der Waals surface area (Å²) in [5, 5.41) is 1.11. The maximum atomic E-state index is 14.1. The van der Waals surface area contributed by atoms with Crippen LogP contribution in [-0.4, -0.2) is 54.2 Å². The molecule has 0 bridgehead atoms. The average Bonchev–Trinajstić information content (AvgIpc) is 3.33. The number of hydrogen-bond donors (Lipinski definition) is 0. The van der Waals surface area contributed by atoms with Gasteiger partial charge in [0.2, 0.25) is 5.91 Å². The van der Waals surface area contributed by atoms with Gasteiger partial charge in [0.15, 0.2) is 5.16 Å². The summed E-state index contributed by atoms with van der Waals surface area (Å²) in [6, 6.07) is 12.4. The Morgan fingerprint density at radius 2 is 1.85 bits per heavy atom. The summed E-state index contributed by atoms with van der Waals surface area (Å²) >= 11 is 2.83. The maximum Gasteiger partial charge on any atom is 0.337 e. The number of thioether (sulfide) groups is 1. The molecule has 11 heteroatoms. The van der Waals surface area contributed by atoms with Gasteiger partial charge >= 0.3 is 5.97 Å². The van der Waals surface area contributed by atoms with E-state index in [1.807, 2.05) is 12.1 Å². The molecule has 0 saturated carbocycles. The zero-order chi connectivity index (χ0) is 27.7. The van der Waals surface area contributed by atoms with Crippen LogP contribution in [-0.2, 0) is 28.2 Å². The number of nitrogens with zero attached hydrogens (tertiary/aromatic N) is 3. The van der Waals surface area contributed by atoms with Gasteiger partial charge in [0.05, 0.1) is 44.5 Å². The van der Waals surface area contributed by atoms with E-state index in [4.69, 9.17) is 19.2 Å².